The molecule has 4 atom stereocenters. The molecule has 0 aliphatic rings. The van der Waals surface area contributed by atoms with Crippen molar-refractivity contribution in [2.45, 2.75) is 164 Å². The van der Waals surface area contributed by atoms with Crippen LogP contribution in [0.5, 0.6) is 0 Å². The van der Waals surface area contributed by atoms with E-state index < -0.39 is 47.7 Å². The maximum Gasteiger partial charge on any atom is 0.432 e. The third-order valence-electron chi connectivity index (χ3n) is 10.9. The zero-order valence-electron chi connectivity index (χ0n) is 37.4. The zero-order chi connectivity index (χ0) is 47.2. The Morgan fingerprint density at radius 1 is 0.484 bits per heavy atom. The standard InChI is InChI=1S/C52H66F6O6/c1-5-45(63-47(59)49(61-3,51(53,54)55)43-37-31-29-32-38-43)41-35-27-25-23-21-19-17-15-13-11-9-7-8-10-12-14-16-18-20-22-24-26-28-36-42-46(6-2)64-48(60)50(62-4,52(56,57)58)44-39-33-30-34-40-44/h1-2,7,9,29-42,45-46H,8,10-28H2,3-4H3/b9-7-,41-35+,42-36+/t45-,46-,49-,50-/m0/s1. The molecule has 6 nitrogen and oxygen atoms in total. The van der Waals surface area contributed by atoms with E-state index in [1.165, 1.54) is 99.9 Å². The highest BCUT2D eigenvalue weighted by Gasteiger charge is 2.65. The number of alkyl halides is 6. The molecule has 64 heavy (non-hydrogen) atoms. The number of hydrogen-bond donors (Lipinski definition) is 0. The molecular formula is C52H66F6O6. The molecule has 0 aromatic heterocycles. The fourth-order valence-corrected chi connectivity index (χ4v) is 7.27. The van der Waals surface area contributed by atoms with Crippen molar-refractivity contribution in [1.29, 1.82) is 0 Å². The van der Waals surface area contributed by atoms with Gasteiger partial charge in [0.05, 0.1) is 0 Å². The molecule has 0 spiro atoms. The first kappa shape index (κ1) is 55.4. The summed E-state index contributed by atoms with van der Waals surface area (Å²) in [5.74, 6) is 1.22. The fraction of sp³-hybridized carbons (Fsp3) is 0.538. The summed E-state index contributed by atoms with van der Waals surface area (Å²) in [6, 6.07) is 13.2. The third-order valence-corrected chi connectivity index (χ3v) is 10.9. The molecule has 0 aliphatic heterocycles. The van der Waals surface area contributed by atoms with Crippen molar-refractivity contribution < 1.29 is 54.9 Å². The monoisotopic (exact) mass is 900 g/mol. The predicted molar refractivity (Wildman–Crippen MR) is 240 cm³/mol. The Morgan fingerprint density at radius 2 is 0.750 bits per heavy atom. The first-order valence-corrected chi connectivity index (χ1v) is 22.4. The van der Waals surface area contributed by atoms with E-state index in [2.05, 4.69) is 24.0 Å². The summed E-state index contributed by atoms with van der Waals surface area (Å²) in [5, 5.41) is 0. The average Bonchev–Trinajstić information content (AvgIpc) is 3.27. The van der Waals surface area contributed by atoms with Crippen LogP contribution >= 0.6 is 0 Å². The molecule has 352 valence electrons. The average molecular weight is 901 g/mol. The molecule has 2 aromatic carbocycles. The van der Waals surface area contributed by atoms with Crippen LogP contribution in [0.25, 0.3) is 0 Å². The lowest BCUT2D eigenvalue weighted by Gasteiger charge is -2.32. The highest BCUT2D eigenvalue weighted by molar-refractivity contribution is 5.84. The second-order valence-corrected chi connectivity index (χ2v) is 15.6. The summed E-state index contributed by atoms with van der Waals surface area (Å²) in [4.78, 5) is 25.6. The van der Waals surface area contributed by atoms with Gasteiger partial charge in [0.1, 0.15) is 0 Å². The van der Waals surface area contributed by atoms with Crippen molar-refractivity contribution in [3.05, 3.63) is 108 Å². The maximum absolute atomic E-state index is 14.1. The lowest BCUT2D eigenvalue weighted by atomic mass is 9.92. The van der Waals surface area contributed by atoms with Gasteiger partial charge in [0.15, 0.2) is 12.2 Å². The number of carbonyl (C=O) groups is 2. The van der Waals surface area contributed by atoms with Crippen LogP contribution in [0, 0.1) is 24.7 Å². The van der Waals surface area contributed by atoms with Crippen LogP contribution in [-0.4, -0.2) is 50.7 Å². The molecule has 0 amide bonds. The van der Waals surface area contributed by atoms with E-state index >= 15 is 0 Å². The summed E-state index contributed by atoms with van der Waals surface area (Å²) in [7, 11) is 1.63. The fourth-order valence-electron chi connectivity index (χ4n) is 7.27. The number of methoxy groups -OCH3 is 2. The minimum absolute atomic E-state index is 0.389. The Bertz CT molecular complexity index is 1780. The molecule has 0 N–H and O–H groups in total. The molecule has 0 saturated heterocycles. The zero-order valence-corrected chi connectivity index (χ0v) is 37.4. The number of esters is 2. The maximum atomic E-state index is 14.1. The molecule has 12 heteroatoms. The first-order valence-electron chi connectivity index (χ1n) is 22.4. The molecule has 0 fully saturated rings. The quantitative estimate of drug-likeness (QED) is 0.0239. The lowest BCUT2D eigenvalue weighted by molar-refractivity contribution is -0.277. The summed E-state index contributed by atoms with van der Waals surface area (Å²) >= 11 is 0. The van der Waals surface area contributed by atoms with E-state index in [1.807, 2.05) is 0 Å². The van der Waals surface area contributed by atoms with Gasteiger partial charge in [-0.05, 0) is 63.5 Å². The number of allylic oxidation sites excluding steroid dienone is 4. The number of rotatable bonds is 32. The Hall–Kier alpha value is -4.78. The molecule has 0 radical (unpaired) electrons. The van der Waals surface area contributed by atoms with Crippen molar-refractivity contribution >= 4 is 11.9 Å². The molecule has 0 bridgehead atoms. The Morgan fingerprint density at radius 3 is 1.00 bits per heavy atom. The van der Waals surface area contributed by atoms with E-state index in [9.17, 15) is 35.9 Å². The smallest absolute Gasteiger partial charge is 0.432 e. The summed E-state index contributed by atoms with van der Waals surface area (Å²) in [5.41, 5.74) is -7.35. The summed E-state index contributed by atoms with van der Waals surface area (Å²) < 4.78 is 104. The van der Waals surface area contributed by atoms with Crippen LogP contribution in [0.1, 0.15) is 140 Å². The van der Waals surface area contributed by atoms with Gasteiger partial charge < -0.3 is 18.9 Å². The molecule has 0 aliphatic carbocycles. The van der Waals surface area contributed by atoms with Crippen LogP contribution in [0.2, 0.25) is 0 Å². The van der Waals surface area contributed by atoms with Crippen molar-refractivity contribution in [3.63, 3.8) is 0 Å². The molecular weight excluding hydrogens is 835 g/mol. The molecule has 0 heterocycles. The van der Waals surface area contributed by atoms with Crippen LogP contribution < -0.4 is 0 Å². The minimum Gasteiger partial charge on any atom is -0.442 e. The summed E-state index contributed by atoms with van der Waals surface area (Å²) in [6.07, 6.45) is 30.6. The van der Waals surface area contributed by atoms with Gasteiger partial charge in [-0.1, -0.05) is 174 Å². The third kappa shape index (κ3) is 18.0. The van der Waals surface area contributed by atoms with Crippen molar-refractivity contribution in [2.75, 3.05) is 14.2 Å². The number of ether oxygens (including phenoxy) is 4. The second kappa shape index (κ2) is 30.4. The van der Waals surface area contributed by atoms with Crippen molar-refractivity contribution in [2.24, 2.45) is 0 Å². The number of hydrogen-bond acceptors (Lipinski definition) is 6. The van der Waals surface area contributed by atoms with Gasteiger partial charge in [-0.25, -0.2) is 9.59 Å². The van der Waals surface area contributed by atoms with Crippen molar-refractivity contribution in [1.82, 2.24) is 0 Å². The number of benzene rings is 2. The number of unbranched alkanes of at least 4 members (excludes halogenated alkanes) is 18. The summed E-state index contributed by atoms with van der Waals surface area (Å²) in [6.45, 7) is 0. The molecule has 2 aromatic rings. The highest BCUT2D eigenvalue weighted by atomic mass is 19.4. The van der Waals surface area contributed by atoms with E-state index in [1.54, 1.807) is 12.2 Å². The number of terminal acetylenes is 2. The Labute approximate surface area is 377 Å². The van der Waals surface area contributed by atoms with Crippen LogP contribution in [0.15, 0.2) is 97.1 Å². The predicted octanol–water partition coefficient (Wildman–Crippen LogP) is 13.8. The second-order valence-electron chi connectivity index (χ2n) is 15.6. The Balaban J connectivity index is 1.45. The number of carbonyl (C=O) groups excluding carboxylic acids is 2. The van der Waals surface area contributed by atoms with Gasteiger partial charge >= 0.3 is 24.3 Å². The molecule has 0 unspecified atom stereocenters. The van der Waals surface area contributed by atoms with Gasteiger partial charge in [0.25, 0.3) is 11.2 Å². The van der Waals surface area contributed by atoms with E-state index in [0.717, 1.165) is 103 Å². The Kier molecular flexibility index (Phi) is 26.3. The van der Waals surface area contributed by atoms with Crippen LogP contribution in [0.4, 0.5) is 26.3 Å². The van der Waals surface area contributed by atoms with Crippen molar-refractivity contribution in [3.8, 4) is 24.7 Å². The normalized spacial score (nSPS) is 15.0. The topological polar surface area (TPSA) is 71.1 Å². The van der Waals surface area contributed by atoms with Gasteiger partial charge in [-0.3, -0.25) is 0 Å². The van der Waals surface area contributed by atoms with Crippen LogP contribution in [0.3, 0.4) is 0 Å². The molecule has 2 rings (SSSR count). The van der Waals surface area contributed by atoms with E-state index in [0.29, 0.717) is 12.8 Å². The molecule has 0 saturated carbocycles. The lowest BCUT2D eigenvalue weighted by Crippen LogP contribution is -2.52. The van der Waals surface area contributed by atoms with E-state index in [-0.39, 0.29) is 11.1 Å². The van der Waals surface area contributed by atoms with Gasteiger partial charge in [-0.15, -0.1) is 12.8 Å². The number of halogens is 6. The van der Waals surface area contributed by atoms with Gasteiger partial charge in [0.2, 0.25) is 0 Å². The SMILES string of the molecule is C#C[C@@H](/C=C/CCCCCCCCC/C=C\CCCCCCCCCCC/C=C/[C@H](C#C)OC(=O)[C@@](OC)(c1ccccc1)C(F)(F)F)OC(=O)[C@@](OC)(c1ccccc1)C(F)(F)F. The van der Waals surface area contributed by atoms with Gasteiger partial charge in [-0.2, -0.15) is 26.3 Å². The first-order chi connectivity index (χ1) is 30.7. The highest BCUT2D eigenvalue weighted by Crippen LogP contribution is 2.44. The van der Waals surface area contributed by atoms with E-state index in [4.69, 9.17) is 31.8 Å². The minimum atomic E-state index is -5.07. The largest absolute Gasteiger partial charge is 0.442 e. The van der Waals surface area contributed by atoms with Crippen LogP contribution in [-0.2, 0) is 39.7 Å². The van der Waals surface area contributed by atoms with Gasteiger partial charge in [0, 0.05) is 25.3 Å².